The third kappa shape index (κ3) is 4.20. The van der Waals surface area contributed by atoms with E-state index in [1.165, 1.54) is 12.1 Å². The topological polar surface area (TPSA) is 26.3 Å². The lowest BCUT2D eigenvalue weighted by Gasteiger charge is -2.21. The lowest BCUT2D eigenvalue weighted by Crippen LogP contribution is -2.33. The van der Waals surface area contributed by atoms with Crippen LogP contribution in [0.5, 0.6) is 0 Å². The fourth-order valence-corrected chi connectivity index (χ4v) is 1.94. The second-order valence-electron chi connectivity index (χ2n) is 5.26. The number of ether oxygens (including phenoxy) is 1. The SMILES string of the molecule is CCC(C)OC(=O)C(F)(C#Cc1ccccc1)c1ccccc1. The lowest BCUT2D eigenvalue weighted by molar-refractivity contribution is -0.159. The Kier molecular flexibility index (Phi) is 5.54. The first-order chi connectivity index (χ1) is 11.1. The number of rotatable bonds is 4. The Morgan fingerprint density at radius 1 is 1.13 bits per heavy atom. The van der Waals surface area contributed by atoms with E-state index in [0.717, 1.165) is 0 Å². The van der Waals surface area contributed by atoms with Crippen molar-refractivity contribution >= 4 is 5.97 Å². The minimum absolute atomic E-state index is 0.178. The van der Waals surface area contributed by atoms with Crippen LogP contribution in [0.3, 0.4) is 0 Å². The lowest BCUT2D eigenvalue weighted by atomic mass is 9.96. The Morgan fingerprint density at radius 3 is 2.26 bits per heavy atom. The summed E-state index contributed by atoms with van der Waals surface area (Å²) < 4.78 is 20.6. The molecule has 0 N–H and O–H groups in total. The molecule has 2 aromatic carbocycles. The first-order valence-corrected chi connectivity index (χ1v) is 7.60. The van der Waals surface area contributed by atoms with E-state index in [4.69, 9.17) is 4.74 Å². The van der Waals surface area contributed by atoms with Gasteiger partial charge in [0.25, 0.3) is 5.67 Å². The Bertz CT molecular complexity index is 701. The Balaban J connectivity index is 2.40. The van der Waals surface area contributed by atoms with Gasteiger partial charge in [-0.25, -0.2) is 9.18 Å². The molecule has 0 saturated carbocycles. The molecule has 0 spiro atoms. The summed E-state index contributed by atoms with van der Waals surface area (Å²) in [5.74, 6) is 4.23. The summed E-state index contributed by atoms with van der Waals surface area (Å²) >= 11 is 0. The molecule has 0 heterocycles. The van der Waals surface area contributed by atoms with Gasteiger partial charge in [-0.05, 0) is 31.4 Å². The van der Waals surface area contributed by atoms with Crippen molar-refractivity contribution in [1.29, 1.82) is 0 Å². The standard InChI is InChI=1S/C20H19FO2/c1-3-16(2)23-19(22)20(21,18-12-8-5-9-13-18)15-14-17-10-6-4-7-11-17/h4-13,16H,3H2,1-2H3. The van der Waals surface area contributed by atoms with Gasteiger partial charge in [0.15, 0.2) is 0 Å². The number of benzene rings is 2. The van der Waals surface area contributed by atoms with Crippen molar-refractivity contribution in [3.63, 3.8) is 0 Å². The number of esters is 1. The number of alkyl halides is 1. The van der Waals surface area contributed by atoms with E-state index in [0.29, 0.717) is 12.0 Å². The summed E-state index contributed by atoms with van der Waals surface area (Å²) in [6, 6.07) is 17.2. The minimum atomic E-state index is -2.49. The van der Waals surface area contributed by atoms with Crippen LogP contribution in [0.4, 0.5) is 4.39 Å². The third-order valence-electron chi connectivity index (χ3n) is 3.49. The summed E-state index contributed by atoms with van der Waals surface area (Å²) in [6.45, 7) is 3.60. The van der Waals surface area contributed by atoms with Gasteiger partial charge in [0, 0.05) is 11.1 Å². The molecule has 0 amide bonds. The van der Waals surface area contributed by atoms with Crippen molar-refractivity contribution in [2.75, 3.05) is 0 Å². The molecule has 2 nitrogen and oxygen atoms in total. The van der Waals surface area contributed by atoms with E-state index < -0.39 is 11.6 Å². The smallest absolute Gasteiger partial charge is 0.361 e. The van der Waals surface area contributed by atoms with Crippen molar-refractivity contribution < 1.29 is 13.9 Å². The molecule has 0 aliphatic carbocycles. The highest BCUT2D eigenvalue weighted by Crippen LogP contribution is 2.28. The van der Waals surface area contributed by atoms with Gasteiger partial charge in [-0.15, -0.1) is 0 Å². The number of hydrogen-bond donors (Lipinski definition) is 0. The van der Waals surface area contributed by atoms with Crippen LogP contribution >= 0.6 is 0 Å². The van der Waals surface area contributed by atoms with Crippen LogP contribution in [0.15, 0.2) is 60.7 Å². The van der Waals surface area contributed by atoms with E-state index in [2.05, 4.69) is 11.8 Å². The summed E-state index contributed by atoms with van der Waals surface area (Å²) in [6.07, 6.45) is 0.253. The summed E-state index contributed by atoms with van der Waals surface area (Å²) in [5, 5.41) is 0. The maximum atomic E-state index is 15.5. The van der Waals surface area contributed by atoms with Gasteiger partial charge in [0.2, 0.25) is 0 Å². The molecule has 0 radical (unpaired) electrons. The van der Waals surface area contributed by atoms with E-state index in [1.54, 1.807) is 37.3 Å². The van der Waals surface area contributed by atoms with Gasteiger partial charge in [-0.3, -0.25) is 0 Å². The van der Waals surface area contributed by atoms with Gasteiger partial charge < -0.3 is 4.74 Å². The number of hydrogen-bond acceptors (Lipinski definition) is 2. The van der Waals surface area contributed by atoms with Crippen LogP contribution < -0.4 is 0 Å². The minimum Gasteiger partial charge on any atom is -0.459 e. The zero-order chi connectivity index (χ0) is 16.7. The van der Waals surface area contributed by atoms with E-state index >= 15 is 4.39 Å². The van der Waals surface area contributed by atoms with Gasteiger partial charge >= 0.3 is 5.97 Å². The molecule has 2 rings (SSSR count). The van der Waals surface area contributed by atoms with Crippen molar-refractivity contribution in [2.24, 2.45) is 0 Å². The Hall–Kier alpha value is -2.60. The van der Waals surface area contributed by atoms with E-state index in [-0.39, 0.29) is 11.7 Å². The predicted octanol–water partition coefficient (Wildman–Crippen LogP) is 4.24. The van der Waals surface area contributed by atoms with Gasteiger partial charge in [0.05, 0.1) is 6.10 Å². The monoisotopic (exact) mass is 310 g/mol. The molecule has 2 atom stereocenters. The third-order valence-corrected chi connectivity index (χ3v) is 3.49. The second-order valence-corrected chi connectivity index (χ2v) is 5.26. The summed E-state index contributed by atoms with van der Waals surface area (Å²) in [7, 11) is 0. The van der Waals surface area contributed by atoms with Crippen molar-refractivity contribution in [2.45, 2.75) is 32.0 Å². The maximum Gasteiger partial charge on any atom is 0.361 e. The molecule has 23 heavy (non-hydrogen) atoms. The maximum absolute atomic E-state index is 15.5. The Labute approximate surface area is 136 Å². The fraction of sp³-hybridized carbons (Fsp3) is 0.250. The van der Waals surface area contributed by atoms with Crippen LogP contribution in [0.2, 0.25) is 0 Å². The highest BCUT2D eigenvalue weighted by Gasteiger charge is 2.41. The molecule has 0 bridgehead atoms. The molecule has 0 aliphatic heterocycles. The highest BCUT2D eigenvalue weighted by molar-refractivity contribution is 5.85. The Morgan fingerprint density at radius 2 is 1.70 bits per heavy atom. The van der Waals surface area contributed by atoms with Crippen LogP contribution in [-0.2, 0) is 15.2 Å². The first-order valence-electron chi connectivity index (χ1n) is 7.60. The molecule has 118 valence electrons. The predicted molar refractivity (Wildman–Crippen MR) is 88.4 cm³/mol. The summed E-state index contributed by atoms with van der Waals surface area (Å²) in [4.78, 5) is 12.4. The number of carbonyl (C=O) groups is 1. The van der Waals surface area contributed by atoms with Crippen molar-refractivity contribution in [1.82, 2.24) is 0 Å². The molecule has 0 aromatic heterocycles. The van der Waals surface area contributed by atoms with Crippen molar-refractivity contribution in [3.05, 3.63) is 71.8 Å². The largest absolute Gasteiger partial charge is 0.459 e. The zero-order valence-electron chi connectivity index (χ0n) is 13.3. The molecular weight excluding hydrogens is 291 g/mol. The van der Waals surface area contributed by atoms with E-state index in [1.807, 2.05) is 25.1 Å². The average Bonchev–Trinajstić information content (AvgIpc) is 2.61. The normalized spacial score (nSPS) is 14.0. The molecule has 0 saturated heterocycles. The average molecular weight is 310 g/mol. The zero-order valence-corrected chi connectivity index (χ0v) is 13.3. The fourth-order valence-electron chi connectivity index (χ4n) is 1.94. The molecule has 0 fully saturated rings. The van der Waals surface area contributed by atoms with Crippen LogP contribution in [-0.4, -0.2) is 12.1 Å². The number of halogens is 1. The van der Waals surface area contributed by atoms with Crippen molar-refractivity contribution in [3.8, 4) is 11.8 Å². The van der Waals surface area contributed by atoms with E-state index in [9.17, 15) is 4.79 Å². The quantitative estimate of drug-likeness (QED) is 0.623. The molecule has 3 heteroatoms. The first kappa shape index (κ1) is 16.8. The molecule has 0 aliphatic rings. The van der Waals surface area contributed by atoms with Gasteiger partial charge in [-0.1, -0.05) is 61.4 Å². The second kappa shape index (κ2) is 7.60. The van der Waals surface area contributed by atoms with Gasteiger partial charge in [-0.2, -0.15) is 0 Å². The summed E-state index contributed by atoms with van der Waals surface area (Å²) in [5.41, 5.74) is -1.67. The van der Waals surface area contributed by atoms with Gasteiger partial charge in [0.1, 0.15) is 0 Å². The van der Waals surface area contributed by atoms with Crippen LogP contribution in [0.1, 0.15) is 31.4 Å². The van der Waals surface area contributed by atoms with Crippen LogP contribution in [0.25, 0.3) is 0 Å². The highest BCUT2D eigenvalue weighted by atomic mass is 19.1. The number of carbonyl (C=O) groups excluding carboxylic acids is 1. The molecule has 2 unspecified atom stereocenters. The van der Waals surface area contributed by atoms with Crippen LogP contribution in [0, 0.1) is 11.8 Å². The molecule has 2 aromatic rings. The molecular formula is C20H19FO2.